The van der Waals surface area contributed by atoms with Crippen LogP contribution in [0.1, 0.15) is 32.1 Å². The van der Waals surface area contributed by atoms with Crippen molar-refractivity contribution in [3.05, 3.63) is 0 Å². The van der Waals surface area contributed by atoms with Crippen LogP contribution in [0.5, 0.6) is 0 Å². The largest absolute Gasteiger partial charge is 0.481 e. The Hall–Kier alpha value is -1.04. The third-order valence-electron chi connectivity index (χ3n) is 2.50. The van der Waals surface area contributed by atoms with Crippen LogP contribution in [0.15, 0.2) is 0 Å². The lowest BCUT2D eigenvalue weighted by atomic mass is 9.89. The van der Waals surface area contributed by atoms with Gasteiger partial charge in [0.25, 0.3) is 0 Å². The van der Waals surface area contributed by atoms with Crippen LogP contribution < -0.4 is 0 Å². The van der Waals surface area contributed by atoms with Crippen LogP contribution >= 0.6 is 0 Å². The summed E-state index contributed by atoms with van der Waals surface area (Å²) in [6.45, 7) is 0. The molecule has 66 valence electrons. The first-order valence-electron chi connectivity index (χ1n) is 4.38. The molecule has 12 heavy (non-hydrogen) atoms. The Balaban J connectivity index is 2.65. The average molecular weight is 167 g/mol. The molecule has 0 unspecified atom stereocenters. The fraction of sp³-hybridized carbons (Fsp3) is 0.778. The van der Waals surface area contributed by atoms with Gasteiger partial charge in [0.2, 0.25) is 0 Å². The van der Waals surface area contributed by atoms with Gasteiger partial charge in [0.15, 0.2) is 0 Å². The lowest BCUT2D eigenvalue weighted by molar-refractivity contribution is -0.143. The Bertz CT molecular complexity index is 207. The Labute approximate surface area is 72.0 Å². The molecule has 2 atom stereocenters. The minimum Gasteiger partial charge on any atom is -0.481 e. The van der Waals surface area contributed by atoms with Gasteiger partial charge in [-0.2, -0.15) is 5.26 Å². The first kappa shape index (κ1) is 9.05. The van der Waals surface area contributed by atoms with Gasteiger partial charge >= 0.3 is 5.97 Å². The van der Waals surface area contributed by atoms with Crippen LogP contribution in [0.4, 0.5) is 0 Å². The molecule has 1 aliphatic rings. The van der Waals surface area contributed by atoms with E-state index in [0.717, 1.165) is 25.7 Å². The number of rotatable bonds is 1. The van der Waals surface area contributed by atoms with Crippen LogP contribution in [-0.2, 0) is 4.79 Å². The molecule has 1 aliphatic carbocycles. The second kappa shape index (κ2) is 4.10. The number of aliphatic carboxylic acids is 1. The number of hydrogen-bond acceptors (Lipinski definition) is 2. The minimum absolute atomic E-state index is 0.259. The third kappa shape index (κ3) is 1.97. The van der Waals surface area contributed by atoms with Gasteiger partial charge in [-0.05, 0) is 12.8 Å². The first-order valence-corrected chi connectivity index (χ1v) is 4.38. The fourth-order valence-corrected chi connectivity index (χ4v) is 1.76. The van der Waals surface area contributed by atoms with Crippen LogP contribution in [0.3, 0.4) is 0 Å². The molecular weight excluding hydrogens is 154 g/mol. The zero-order valence-corrected chi connectivity index (χ0v) is 6.99. The number of nitriles is 1. The molecule has 0 amide bonds. The molecule has 3 nitrogen and oxygen atoms in total. The fourth-order valence-electron chi connectivity index (χ4n) is 1.76. The molecule has 0 aromatic carbocycles. The average Bonchev–Trinajstić information content (AvgIpc) is 2.27. The molecule has 0 bridgehead atoms. The van der Waals surface area contributed by atoms with E-state index < -0.39 is 11.9 Å². The van der Waals surface area contributed by atoms with Crippen molar-refractivity contribution in [3.63, 3.8) is 0 Å². The summed E-state index contributed by atoms with van der Waals surface area (Å²) in [5.74, 6) is -1.48. The Morgan fingerprint density at radius 3 is 2.58 bits per heavy atom. The molecule has 0 heterocycles. The number of carboxylic acid groups (broad SMARTS) is 1. The quantitative estimate of drug-likeness (QED) is 0.605. The molecule has 1 rings (SSSR count). The zero-order chi connectivity index (χ0) is 8.97. The van der Waals surface area contributed by atoms with Crippen LogP contribution in [0.25, 0.3) is 0 Å². The van der Waals surface area contributed by atoms with Gasteiger partial charge in [0.05, 0.1) is 17.9 Å². The summed E-state index contributed by atoms with van der Waals surface area (Å²) < 4.78 is 0. The zero-order valence-electron chi connectivity index (χ0n) is 6.99. The van der Waals surface area contributed by atoms with E-state index in [-0.39, 0.29) is 5.92 Å². The maximum Gasteiger partial charge on any atom is 0.307 e. The summed E-state index contributed by atoms with van der Waals surface area (Å²) in [4.78, 5) is 10.7. The van der Waals surface area contributed by atoms with E-state index in [1.807, 2.05) is 0 Å². The van der Waals surface area contributed by atoms with E-state index in [0.29, 0.717) is 6.42 Å². The highest BCUT2D eigenvalue weighted by Gasteiger charge is 2.28. The van der Waals surface area contributed by atoms with Crippen molar-refractivity contribution in [2.75, 3.05) is 0 Å². The van der Waals surface area contributed by atoms with Crippen molar-refractivity contribution in [3.8, 4) is 6.07 Å². The maximum atomic E-state index is 10.7. The maximum absolute atomic E-state index is 10.7. The molecule has 3 heteroatoms. The molecule has 0 aromatic rings. The predicted molar refractivity (Wildman–Crippen MR) is 43.3 cm³/mol. The van der Waals surface area contributed by atoms with Gasteiger partial charge in [0.1, 0.15) is 0 Å². The van der Waals surface area contributed by atoms with E-state index in [4.69, 9.17) is 10.4 Å². The molecule has 1 fully saturated rings. The monoisotopic (exact) mass is 167 g/mol. The Morgan fingerprint density at radius 2 is 2.00 bits per heavy atom. The van der Waals surface area contributed by atoms with Gasteiger partial charge in [0, 0.05) is 0 Å². The predicted octanol–water partition coefficient (Wildman–Crippen LogP) is 1.79. The summed E-state index contributed by atoms with van der Waals surface area (Å²) in [5, 5.41) is 17.5. The van der Waals surface area contributed by atoms with E-state index in [1.165, 1.54) is 0 Å². The first-order chi connectivity index (χ1) is 5.75. The highest BCUT2D eigenvalue weighted by molar-refractivity contribution is 5.70. The second-order valence-corrected chi connectivity index (χ2v) is 3.32. The van der Waals surface area contributed by atoms with Crippen LogP contribution in [0, 0.1) is 23.2 Å². The molecule has 0 spiro atoms. The van der Waals surface area contributed by atoms with Crippen molar-refractivity contribution >= 4 is 5.97 Å². The van der Waals surface area contributed by atoms with Gasteiger partial charge < -0.3 is 5.11 Å². The van der Waals surface area contributed by atoms with Gasteiger partial charge in [-0.15, -0.1) is 0 Å². The normalized spacial score (nSPS) is 30.2. The summed E-state index contributed by atoms with van der Waals surface area (Å²) in [6.07, 6.45) is 4.46. The van der Waals surface area contributed by atoms with Crippen LogP contribution in [-0.4, -0.2) is 11.1 Å². The molecular formula is C9H13NO2. The van der Waals surface area contributed by atoms with Gasteiger partial charge in [-0.1, -0.05) is 19.3 Å². The molecule has 1 N–H and O–H groups in total. The van der Waals surface area contributed by atoms with Crippen molar-refractivity contribution in [2.45, 2.75) is 32.1 Å². The summed E-state index contributed by atoms with van der Waals surface area (Å²) in [6, 6.07) is 2.09. The molecule has 0 saturated heterocycles. The summed E-state index contributed by atoms with van der Waals surface area (Å²) in [7, 11) is 0. The minimum atomic E-state index is -0.802. The molecule has 0 aliphatic heterocycles. The van der Waals surface area contributed by atoms with Crippen LogP contribution in [0.2, 0.25) is 0 Å². The SMILES string of the molecule is N#C[C@@H]1CCCCC[C@H]1C(=O)O. The van der Waals surface area contributed by atoms with Crippen molar-refractivity contribution < 1.29 is 9.90 Å². The topological polar surface area (TPSA) is 61.1 Å². The number of carboxylic acids is 1. The summed E-state index contributed by atoms with van der Waals surface area (Å²) in [5.41, 5.74) is 0. The van der Waals surface area contributed by atoms with Gasteiger partial charge in [-0.3, -0.25) is 4.79 Å². The molecule has 0 radical (unpaired) electrons. The van der Waals surface area contributed by atoms with E-state index in [2.05, 4.69) is 6.07 Å². The van der Waals surface area contributed by atoms with E-state index in [1.54, 1.807) is 0 Å². The van der Waals surface area contributed by atoms with Crippen molar-refractivity contribution in [2.24, 2.45) is 11.8 Å². The van der Waals surface area contributed by atoms with Gasteiger partial charge in [-0.25, -0.2) is 0 Å². The third-order valence-corrected chi connectivity index (χ3v) is 2.50. The highest BCUT2D eigenvalue weighted by Crippen LogP contribution is 2.28. The number of hydrogen-bond donors (Lipinski definition) is 1. The van der Waals surface area contributed by atoms with E-state index >= 15 is 0 Å². The highest BCUT2D eigenvalue weighted by atomic mass is 16.4. The standard InChI is InChI=1S/C9H13NO2/c10-6-7-4-2-1-3-5-8(7)9(11)12/h7-8H,1-5H2,(H,11,12)/t7-,8+/m0/s1. The number of carbonyl (C=O) groups is 1. The lowest BCUT2D eigenvalue weighted by Gasteiger charge is -2.13. The lowest BCUT2D eigenvalue weighted by Crippen LogP contribution is -2.21. The molecule has 0 aromatic heterocycles. The smallest absolute Gasteiger partial charge is 0.307 e. The second-order valence-electron chi connectivity index (χ2n) is 3.32. The van der Waals surface area contributed by atoms with Crippen molar-refractivity contribution in [1.82, 2.24) is 0 Å². The van der Waals surface area contributed by atoms with Crippen molar-refractivity contribution in [1.29, 1.82) is 5.26 Å². The number of nitrogens with zero attached hydrogens (tertiary/aromatic N) is 1. The van der Waals surface area contributed by atoms with E-state index in [9.17, 15) is 4.79 Å². The molecule has 1 saturated carbocycles. The summed E-state index contributed by atoms with van der Waals surface area (Å²) >= 11 is 0. The Kier molecular flexibility index (Phi) is 3.09. The Morgan fingerprint density at radius 1 is 1.33 bits per heavy atom.